The second-order valence-corrected chi connectivity index (χ2v) is 6.24. The number of ketones is 1. The number of fused-ring (bicyclic) bond motifs is 4. The van der Waals surface area contributed by atoms with Gasteiger partial charge in [0.2, 0.25) is 5.91 Å². The van der Waals surface area contributed by atoms with Gasteiger partial charge in [0, 0.05) is 11.2 Å². The molecular weight excluding hydrogens is 258 g/mol. The minimum atomic E-state index is -0.207. The zero-order valence-corrected chi connectivity index (χ0v) is 11.2. The maximum absolute atomic E-state index is 12.6. The Hall–Kier alpha value is -1.68. The van der Waals surface area contributed by atoms with Crippen LogP contribution in [-0.2, 0) is 11.2 Å². The number of carbonyl (C=O) groups is 2. The topological polar surface area (TPSA) is 37.4 Å². The summed E-state index contributed by atoms with van der Waals surface area (Å²) in [6.07, 6.45) is 2.14. The van der Waals surface area contributed by atoms with E-state index in [1.807, 2.05) is 24.3 Å². The van der Waals surface area contributed by atoms with Crippen LogP contribution in [0, 0.1) is 0 Å². The average molecular weight is 271 g/mol. The second kappa shape index (κ2) is 3.90. The third-order valence-corrected chi connectivity index (χ3v) is 5.35. The fourth-order valence-corrected chi connectivity index (χ4v) is 4.42. The highest BCUT2D eigenvalue weighted by atomic mass is 32.1. The quantitative estimate of drug-likeness (QED) is 0.738. The van der Waals surface area contributed by atoms with Crippen molar-refractivity contribution in [2.45, 2.75) is 25.3 Å². The van der Waals surface area contributed by atoms with E-state index in [0.717, 1.165) is 39.9 Å². The molecule has 0 aliphatic carbocycles. The van der Waals surface area contributed by atoms with Crippen LogP contribution in [0.25, 0.3) is 10.1 Å². The predicted octanol–water partition coefficient (Wildman–Crippen LogP) is 2.63. The minimum Gasteiger partial charge on any atom is -0.332 e. The van der Waals surface area contributed by atoms with Crippen molar-refractivity contribution >= 4 is 33.1 Å². The molecule has 2 aliphatic heterocycles. The molecule has 3 nitrogen and oxygen atoms in total. The van der Waals surface area contributed by atoms with Gasteiger partial charge < -0.3 is 4.90 Å². The molecule has 4 rings (SSSR count). The number of Topliss-reactive ketones (excluding diaryl/α,β-unsaturated/α-hetero) is 1. The van der Waals surface area contributed by atoms with Crippen molar-refractivity contribution in [3.8, 4) is 0 Å². The van der Waals surface area contributed by atoms with Gasteiger partial charge in [0.15, 0.2) is 5.78 Å². The van der Waals surface area contributed by atoms with Crippen LogP contribution in [0.15, 0.2) is 24.3 Å². The van der Waals surface area contributed by atoms with Crippen LogP contribution >= 0.6 is 11.3 Å². The normalized spacial score (nSPS) is 22.5. The van der Waals surface area contributed by atoms with Crippen LogP contribution < -0.4 is 0 Å². The van der Waals surface area contributed by atoms with Gasteiger partial charge in [0.25, 0.3) is 0 Å². The van der Waals surface area contributed by atoms with E-state index >= 15 is 0 Å². The molecule has 96 valence electrons. The summed E-state index contributed by atoms with van der Waals surface area (Å²) in [6, 6.07) is 7.78. The van der Waals surface area contributed by atoms with Crippen molar-refractivity contribution < 1.29 is 9.59 Å². The van der Waals surface area contributed by atoms with E-state index in [0.29, 0.717) is 6.42 Å². The van der Waals surface area contributed by atoms with E-state index in [1.54, 1.807) is 16.2 Å². The number of thiophene rings is 1. The van der Waals surface area contributed by atoms with Gasteiger partial charge >= 0.3 is 0 Å². The number of carbonyl (C=O) groups excluding carboxylic acids is 2. The Morgan fingerprint density at radius 3 is 2.95 bits per heavy atom. The van der Waals surface area contributed by atoms with Crippen molar-refractivity contribution in [1.29, 1.82) is 0 Å². The van der Waals surface area contributed by atoms with E-state index in [-0.39, 0.29) is 17.7 Å². The standard InChI is InChI=1S/C15H13NO2S/c17-13-8-10-9-4-1-2-6-12(9)19-15(10)14(18)11-5-3-7-16(11)13/h1-2,4,6,11H,3,5,7-8H2/t11-/m0/s1. The molecular formula is C15H13NO2S. The molecule has 1 fully saturated rings. The molecule has 0 radical (unpaired) electrons. The number of hydrogen-bond acceptors (Lipinski definition) is 3. The lowest BCUT2D eigenvalue weighted by Crippen LogP contribution is -2.38. The van der Waals surface area contributed by atoms with Crippen LogP contribution in [-0.4, -0.2) is 29.2 Å². The van der Waals surface area contributed by atoms with Gasteiger partial charge in [-0.25, -0.2) is 0 Å². The molecule has 1 aromatic heterocycles. The molecule has 0 spiro atoms. The molecule has 0 N–H and O–H groups in total. The second-order valence-electron chi connectivity index (χ2n) is 5.19. The van der Waals surface area contributed by atoms with E-state index in [1.165, 1.54) is 0 Å². The van der Waals surface area contributed by atoms with Crippen molar-refractivity contribution in [1.82, 2.24) is 4.90 Å². The van der Waals surface area contributed by atoms with Gasteiger partial charge in [0.05, 0.1) is 17.3 Å². The Labute approximate surface area is 114 Å². The summed E-state index contributed by atoms with van der Waals surface area (Å²) in [6.45, 7) is 0.738. The third-order valence-electron chi connectivity index (χ3n) is 4.13. The Morgan fingerprint density at radius 1 is 1.21 bits per heavy atom. The first-order valence-electron chi connectivity index (χ1n) is 6.60. The highest BCUT2D eigenvalue weighted by Gasteiger charge is 2.39. The molecule has 1 saturated heterocycles. The van der Waals surface area contributed by atoms with Gasteiger partial charge in [-0.1, -0.05) is 18.2 Å². The summed E-state index contributed by atoms with van der Waals surface area (Å²) in [5.74, 6) is 0.262. The fourth-order valence-electron chi connectivity index (χ4n) is 3.22. The maximum Gasteiger partial charge on any atom is 0.227 e. The van der Waals surface area contributed by atoms with Gasteiger partial charge in [-0.15, -0.1) is 11.3 Å². The van der Waals surface area contributed by atoms with E-state index in [9.17, 15) is 9.59 Å². The molecule has 1 atom stereocenters. The minimum absolute atomic E-state index is 0.109. The van der Waals surface area contributed by atoms with Crippen molar-refractivity contribution in [3.63, 3.8) is 0 Å². The molecule has 0 bridgehead atoms. The zero-order chi connectivity index (χ0) is 13.0. The van der Waals surface area contributed by atoms with E-state index in [2.05, 4.69) is 0 Å². The number of benzene rings is 1. The maximum atomic E-state index is 12.6. The predicted molar refractivity (Wildman–Crippen MR) is 74.6 cm³/mol. The Balaban J connectivity index is 1.96. The SMILES string of the molecule is O=C1c2sc3ccccc3c2CC(=O)N2CCC[C@@H]12. The number of amides is 1. The molecule has 0 unspecified atom stereocenters. The first-order chi connectivity index (χ1) is 9.25. The number of nitrogens with zero attached hydrogens (tertiary/aromatic N) is 1. The van der Waals surface area contributed by atoms with Gasteiger partial charge in [-0.05, 0) is 29.9 Å². The van der Waals surface area contributed by atoms with Gasteiger partial charge in [-0.2, -0.15) is 0 Å². The Kier molecular flexibility index (Phi) is 2.30. The summed E-state index contributed by atoms with van der Waals surface area (Å²) >= 11 is 1.54. The zero-order valence-electron chi connectivity index (χ0n) is 10.4. The fraction of sp³-hybridized carbons (Fsp3) is 0.333. The summed E-state index contributed by atoms with van der Waals surface area (Å²) in [5, 5.41) is 1.07. The smallest absolute Gasteiger partial charge is 0.227 e. The Morgan fingerprint density at radius 2 is 2.05 bits per heavy atom. The van der Waals surface area contributed by atoms with Gasteiger partial charge in [0.1, 0.15) is 0 Å². The van der Waals surface area contributed by atoms with Crippen LogP contribution in [0.3, 0.4) is 0 Å². The molecule has 3 heterocycles. The van der Waals surface area contributed by atoms with Crippen LogP contribution in [0.1, 0.15) is 28.1 Å². The van der Waals surface area contributed by atoms with Crippen LogP contribution in [0.5, 0.6) is 0 Å². The largest absolute Gasteiger partial charge is 0.332 e. The summed E-state index contributed by atoms with van der Waals surface area (Å²) in [7, 11) is 0. The van der Waals surface area contributed by atoms with Crippen molar-refractivity contribution in [2.24, 2.45) is 0 Å². The Bertz CT molecular complexity index is 703. The van der Waals surface area contributed by atoms with E-state index < -0.39 is 0 Å². The lowest BCUT2D eigenvalue weighted by molar-refractivity contribution is -0.130. The molecule has 2 aromatic rings. The molecule has 19 heavy (non-hydrogen) atoms. The lowest BCUT2D eigenvalue weighted by atomic mass is 10.0. The van der Waals surface area contributed by atoms with Crippen molar-refractivity contribution in [2.75, 3.05) is 6.54 Å². The summed E-state index contributed by atoms with van der Waals surface area (Å²) < 4.78 is 1.11. The van der Waals surface area contributed by atoms with Crippen LogP contribution in [0.4, 0.5) is 0 Å². The summed E-state index contributed by atoms with van der Waals surface area (Å²) in [5.41, 5.74) is 0.949. The van der Waals surface area contributed by atoms with Crippen LogP contribution in [0.2, 0.25) is 0 Å². The molecule has 1 aromatic carbocycles. The molecule has 1 amide bonds. The van der Waals surface area contributed by atoms with Gasteiger partial charge in [-0.3, -0.25) is 9.59 Å². The highest BCUT2D eigenvalue weighted by Crippen LogP contribution is 2.37. The number of rotatable bonds is 0. The molecule has 0 saturated carbocycles. The monoisotopic (exact) mass is 271 g/mol. The third kappa shape index (κ3) is 1.49. The molecule has 4 heteroatoms. The molecule has 2 aliphatic rings. The summed E-state index contributed by atoms with van der Waals surface area (Å²) in [4.78, 5) is 27.6. The van der Waals surface area contributed by atoms with E-state index in [4.69, 9.17) is 0 Å². The first-order valence-corrected chi connectivity index (χ1v) is 7.41. The lowest BCUT2D eigenvalue weighted by Gasteiger charge is -2.20. The first kappa shape index (κ1) is 11.2. The number of hydrogen-bond donors (Lipinski definition) is 0. The highest BCUT2D eigenvalue weighted by molar-refractivity contribution is 7.21. The average Bonchev–Trinajstić information content (AvgIpc) is 3.01. The van der Waals surface area contributed by atoms with Crippen molar-refractivity contribution in [3.05, 3.63) is 34.7 Å².